The van der Waals surface area contributed by atoms with E-state index in [1.165, 1.54) is 12.1 Å². The molecule has 4 nitrogen and oxygen atoms in total. The number of nitrogens with two attached hydrogens (primary N) is 1. The summed E-state index contributed by atoms with van der Waals surface area (Å²) in [6, 6.07) is 7.69. The maximum Gasteiger partial charge on any atom is 0.198 e. The topological polar surface area (TPSA) is 80.4 Å². The predicted molar refractivity (Wildman–Crippen MR) is 70.8 cm³/mol. The summed E-state index contributed by atoms with van der Waals surface area (Å²) >= 11 is 5.80. The number of carbonyl (C=O) groups is 2. The Kier molecular flexibility index (Phi) is 2.37. The molecule has 3 N–H and O–H groups in total. The van der Waals surface area contributed by atoms with Gasteiger partial charge >= 0.3 is 0 Å². The minimum Gasteiger partial charge on any atom is -0.506 e. The zero-order valence-corrected chi connectivity index (χ0v) is 10.4. The van der Waals surface area contributed by atoms with Crippen molar-refractivity contribution in [2.75, 3.05) is 5.73 Å². The van der Waals surface area contributed by atoms with Crippen LogP contribution in [0.4, 0.5) is 5.69 Å². The number of halogens is 1. The minimum absolute atomic E-state index is 0.0191. The molecule has 0 radical (unpaired) electrons. The van der Waals surface area contributed by atoms with Gasteiger partial charge in [-0.2, -0.15) is 0 Å². The number of ketones is 2. The first-order valence-electron chi connectivity index (χ1n) is 5.51. The Morgan fingerprint density at radius 1 is 1.00 bits per heavy atom. The first-order valence-corrected chi connectivity index (χ1v) is 5.89. The van der Waals surface area contributed by atoms with Crippen LogP contribution in [0.25, 0.3) is 0 Å². The molecule has 1 aliphatic carbocycles. The van der Waals surface area contributed by atoms with Gasteiger partial charge in [-0.3, -0.25) is 9.59 Å². The zero-order valence-electron chi connectivity index (χ0n) is 9.61. The van der Waals surface area contributed by atoms with Crippen molar-refractivity contribution in [3.05, 3.63) is 57.6 Å². The highest BCUT2D eigenvalue weighted by molar-refractivity contribution is 6.36. The number of nitrogen functional groups attached to an aromatic ring is 1. The maximum atomic E-state index is 12.4. The molecule has 3 rings (SSSR count). The highest BCUT2D eigenvalue weighted by atomic mass is 35.5. The van der Waals surface area contributed by atoms with Crippen LogP contribution in [0.2, 0.25) is 5.02 Å². The van der Waals surface area contributed by atoms with Crippen molar-refractivity contribution in [1.29, 1.82) is 0 Å². The van der Waals surface area contributed by atoms with Crippen LogP contribution >= 0.6 is 11.6 Å². The van der Waals surface area contributed by atoms with Crippen LogP contribution in [-0.4, -0.2) is 16.7 Å². The second kappa shape index (κ2) is 3.83. The number of hydrogen-bond donors (Lipinski definition) is 2. The van der Waals surface area contributed by atoms with Gasteiger partial charge in [-0.1, -0.05) is 35.9 Å². The van der Waals surface area contributed by atoms with Gasteiger partial charge in [-0.05, 0) is 6.07 Å². The molecule has 1 aliphatic rings. The molecule has 0 atom stereocenters. The zero-order chi connectivity index (χ0) is 13.7. The van der Waals surface area contributed by atoms with Gasteiger partial charge in [0.2, 0.25) is 0 Å². The van der Waals surface area contributed by atoms with E-state index in [2.05, 4.69) is 0 Å². The van der Waals surface area contributed by atoms with Crippen LogP contribution in [0, 0.1) is 0 Å². The molecule has 0 heterocycles. The van der Waals surface area contributed by atoms with E-state index in [9.17, 15) is 14.7 Å². The smallest absolute Gasteiger partial charge is 0.198 e. The third-order valence-electron chi connectivity index (χ3n) is 3.15. The van der Waals surface area contributed by atoms with E-state index in [1.807, 2.05) is 0 Å². The lowest BCUT2D eigenvalue weighted by atomic mass is 9.83. The number of rotatable bonds is 0. The molecule has 0 aromatic heterocycles. The molecule has 94 valence electrons. The molecule has 0 fully saturated rings. The van der Waals surface area contributed by atoms with Crippen molar-refractivity contribution in [2.24, 2.45) is 0 Å². The molecule has 2 aromatic carbocycles. The van der Waals surface area contributed by atoms with Crippen LogP contribution in [0.15, 0.2) is 30.3 Å². The van der Waals surface area contributed by atoms with Crippen molar-refractivity contribution < 1.29 is 14.7 Å². The third-order valence-corrected chi connectivity index (χ3v) is 3.44. The van der Waals surface area contributed by atoms with E-state index < -0.39 is 11.5 Å². The lowest BCUT2D eigenvalue weighted by molar-refractivity contribution is 0.0977. The van der Waals surface area contributed by atoms with E-state index in [-0.39, 0.29) is 38.7 Å². The molecular weight excluding hydrogens is 266 g/mol. The number of aromatic hydroxyl groups is 1. The highest BCUT2D eigenvalue weighted by Crippen LogP contribution is 2.40. The fourth-order valence-electron chi connectivity index (χ4n) is 2.27. The summed E-state index contributed by atoms with van der Waals surface area (Å²) < 4.78 is 0. The molecule has 2 aromatic rings. The van der Waals surface area contributed by atoms with E-state index in [0.29, 0.717) is 0 Å². The van der Waals surface area contributed by atoms with Crippen molar-refractivity contribution >= 4 is 28.9 Å². The summed E-state index contributed by atoms with van der Waals surface area (Å²) in [5, 5.41) is 9.88. The Bertz CT molecular complexity index is 753. The number of fused-ring (bicyclic) bond motifs is 2. The van der Waals surface area contributed by atoms with Crippen molar-refractivity contribution in [3.63, 3.8) is 0 Å². The fourth-order valence-corrected chi connectivity index (χ4v) is 2.49. The van der Waals surface area contributed by atoms with Gasteiger partial charge in [-0.15, -0.1) is 0 Å². The number of hydrogen-bond acceptors (Lipinski definition) is 4. The summed E-state index contributed by atoms with van der Waals surface area (Å²) in [6.07, 6.45) is 0. The van der Waals surface area contributed by atoms with Crippen molar-refractivity contribution in [1.82, 2.24) is 0 Å². The molecule has 0 saturated carbocycles. The number of phenols is 1. The quantitative estimate of drug-likeness (QED) is 0.487. The van der Waals surface area contributed by atoms with Crippen LogP contribution < -0.4 is 5.73 Å². The number of benzene rings is 2. The second-order valence-corrected chi connectivity index (χ2v) is 4.66. The largest absolute Gasteiger partial charge is 0.506 e. The van der Waals surface area contributed by atoms with E-state index in [1.54, 1.807) is 18.2 Å². The molecule has 0 unspecified atom stereocenters. The van der Waals surface area contributed by atoms with Crippen LogP contribution in [-0.2, 0) is 0 Å². The van der Waals surface area contributed by atoms with E-state index in [4.69, 9.17) is 17.3 Å². The first-order chi connectivity index (χ1) is 9.02. The molecule has 5 heteroatoms. The lowest BCUT2D eigenvalue weighted by Gasteiger charge is -2.20. The summed E-state index contributed by atoms with van der Waals surface area (Å²) in [5.41, 5.74) is 6.28. The summed E-state index contributed by atoms with van der Waals surface area (Å²) in [4.78, 5) is 24.7. The van der Waals surface area contributed by atoms with Crippen LogP contribution in [0.3, 0.4) is 0 Å². The van der Waals surface area contributed by atoms with Crippen LogP contribution in [0.5, 0.6) is 5.75 Å². The van der Waals surface area contributed by atoms with Crippen molar-refractivity contribution in [2.45, 2.75) is 0 Å². The van der Waals surface area contributed by atoms with Crippen LogP contribution in [0.1, 0.15) is 31.8 Å². The lowest BCUT2D eigenvalue weighted by Crippen LogP contribution is -2.22. The highest BCUT2D eigenvalue weighted by Gasteiger charge is 2.34. The molecule has 19 heavy (non-hydrogen) atoms. The van der Waals surface area contributed by atoms with Gasteiger partial charge in [0.1, 0.15) is 5.75 Å². The standard InChI is InChI=1S/C14H8ClNO3/c15-8-5-9(16)10-11(14(8)19)13(18)7-4-2-1-3-6(7)12(10)17/h1-5,19H,16H2. The Morgan fingerprint density at radius 3 is 2.11 bits per heavy atom. The summed E-state index contributed by atoms with van der Waals surface area (Å²) in [6.45, 7) is 0. The van der Waals surface area contributed by atoms with Gasteiger partial charge in [-0.25, -0.2) is 0 Å². The maximum absolute atomic E-state index is 12.4. The first kappa shape index (κ1) is 11.7. The van der Waals surface area contributed by atoms with E-state index >= 15 is 0 Å². The Morgan fingerprint density at radius 2 is 1.53 bits per heavy atom. The SMILES string of the molecule is Nc1cc(Cl)c(O)c2c1C(=O)c1ccccc1C2=O. The van der Waals surface area contributed by atoms with Gasteiger partial charge in [0, 0.05) is 16.8 Å². The second-order valence-electron chi connectivity index (χ2n) is 4.25. The molecule has 0 bridgehead atoms. The third kappa shape index (κ3) is 1.47. The Balaban J connectivity index is 2.43. The molecular formula is C14H8ClNO3. The Labute approximate surface area is 113 Å². The van der Waals surface area contributed by atoms with Gasteiger partial charge < -0.3 is 10.8 Å². The number of anilines is 1. The normalized spacial score (nSPS) is 13.1. The minimum atomic E-state index is -0.447. The van der Waals surface area contributed by atoms with Gasteiger partial charge in [0.15, 0.2) is 11.6 Å². The Hall–Kier alpha value is -2.33. The summed E-state index contributed by atoms with van der Waals surface area (Å²) in [5.74, 6) is -1.23. The monoisotopic (exact) mass is 273 g/mol. The molecule has 0 aliphatic heterocycles. The predicted octanol–water partition coefficient (Wildman–Crippen LogP) is 2.40. The molecule has 0 amide bonds. The van der Waals surface area contributed by atoms with E-state index in [0.717, 1.165) is 0 Å². The number of phenolic OH excluding ortho intramolecular Hbond substituents is 1. The van der Waals surface area contributed by atoms with Crippen molar-refractivity contribution in [3.8, 4) is 5.75 Å². The number of carbonyl (C=O) groups excluding carboxylic acids is 2. The molecule has 0 saturated heterocycles. The van der Waals surface area contributed by atoms with Gasteiger partial charge in [0.25, 0.3) is 0 Å². The molecule has 0 spiro atoms. The average molecular weight is 274 g/mol. The fraction of sp³-hybridized carbons (Fsp3) is 0. The summed E-state index contributed by atoms with van der Waals surface area (Å²) in [7, 11) is 0. The van der Waals surface area contributed by atoms with Gasteiger partial charge in [0.05, 0.1) is 16.1 Å². The average Bonchev–Trinajstić information content (AvgIpc) is 2.40.